The fourth-order valence-corrected chi connectivity index (χ4v) is 3.32. The monoisotopic (exact) mass is 256 g/mol. The largest absolute Gasteiger partial charge is 0.349 e. The van der Waals surface area contributed by atoms with Crippen molar-refractivity contribution in [3.05, 3.63) is 36.3 Å². The summed E-state index contributed by atoms with van der Waals surface area (Å²) in [7, 11) is 0. The molecule has 2 fully saturated rings. The van der Waals surface area contributed by atoms with E-state index in [0.29, 0.717) is 23.6 Å². The molecular weight excluding hydrogens is 240 g/mol. The number of fused-ring (bicyclic) bond motifs is 3. The number of hydrogen-bond acceptors (Lipinski definition) is 3. The van der Waals surface area contributed by atoms with E-state index in [2.05, 4.69) is 15.6 Å². The molecule has 1 saturated heterocycles. The quantitative estimate of drug-likeness (QED) is 0.836. The summed E-state index contributed by atoms with van der Waals surface area (Å²) in [6, 6.07) is 4.64. The first-order valence-electron chi connectivity index (χ1n) is 6.76. The first-order chi connectivity index (χ1) is 9.29. The minimum Gasteiger partial charge on any atom is -0.349 e. The summed E-state index contributed by atoms with van der Waals surface area (Å²) in [5, 5.41) is 6.63. The van der Waals surface area contributed by atoms with Crippen molar-refractivity contribution in [3.8, 4) is 0 Å². The lowest BCUT2D eigenvalue weighted by Gasteiger charge is -2.23. The topological polar surface area (TPSA) is 58.4 Å². The van der Waals surface area contributed by atoms with Crippen molar-refractivity contribution in [3.63, 3.8) is 0 Å². The second-order valence-electron chi connectivity index (χ2n) is 5.53. The number of nitrogens with one attached hydrogen (secondary N) is 2. The van der Waals surface area contributed by atoms with Crippen LogP contribution in [0.3, 0.4) is 0 Å². The van der Waals surface area contributed by atoms with Gasteiger partial charge in [-0.15, -0.1) is 0 Å². The zero-order chi connectivity index (χ0) is 12.8. The van der Waals surface area contributed by atoms with E-state index in [1.54, 1.807) is 6.20 Å². The van der Waals surface area contributed by atoms with Crippen LogP contribution in [0.25, 0.3) is 5.65 Å². The highest BCUT2D eigenvalue weighted by Gasteiger charge is 2.40. The van der Waals surface area contributed by atoms with Crippen LogP contribution in [0.15, 0.2) is 30.7 Å². The number of rotatable bonds is 2. The lowest BCUT2D eigenvalue weighted by Crippen LogP contribution is -2.44. The van der Waals surface area contributed by atoms with Gasteiger partial charge in [-0.2, -0.15) is 0 Å². The van der Waals surface area contributed by atoms with Crippen LogP contribution in [0, 0.1) is 5.92 Å². The maximum Gasteiger partial charge on any atom is 0.253 e. The third-order valence-corrected chi connectivity index (χ3v) is 4.33. The SMILES string of the molecule is O=C(N[C@@H]1C[C@H]2C[C@H]1CN2)c1ccc2nccn2c1. The minimum absolute atomic E-state index is 0.0214. The van der Waals surface area contributed by atoms with Gasteiger partial charge in [0.15, 0.2) is 0 Å². The van der Waals surface area contributed by atoms with Crippen LogP contribution in [0.1, 0.15) is 23.2 Å². The number of imidazole rings is 1. The van der Waals surface area contributed by atoms with Crippen molar-refractivity contribution in [1.29, 1.82) is 0 Å². The molecule has 2 N–H and O–H groups in total. The average molecular weight is 256 g/mol. The number of amides is 1. The number of carbonyl (C=O) groups excluding carboxylic acids is 1. The van der Waals surface area contributed by atoms with Crippen molar-refractivity contribution in [2.75, 3.05) is 6.54 Å². The fraction of sp³-hybridized carbons (Fsp3) is 0.429. The van der Waals surface area contributed by atoms with Gasteiger partial charge in [-0.25, -0.2) is 4.98 Å². The summed E-state index contributed by atoms with van der Waals surface area (Å²) in [5.41, 5.74) is 1.56. The molecule has 2 aromatic heterocycles. The third kappa shape index (κ3) is 1.81. The molecular formula is C14H16N4O. The Morgan fingerprint density at radius 2 is 2.37 bits per heavy atom. The van der Waals surface area contributed by atoms with E-state index < -0.39 is 0 Å². The maximum atomic E-state index is 12.3. The summed E-state index contributed by atoms with van der Waals surface area (Å²) in [6.45, 7) is 1.04. The van der Waals surface area contributed by atoms with Gasteiger partial charge in [-0.1, -0.05) is 0 Å². The molecule has 2 aliphatic rings. The van der Waals surface area contributed by atoms with Crippen LogP contribution in [0.5, 0.6) is 0 Å². The molecule has 4 rings (SSSR count). The van der Waals surface area contributed by atoms with Gasteiger partial charge in [-0.3, -0.25) is 4.79 Å². The molecule has 0 aromatic carbocycles. The van der Waals surface area contributed by atoms with Gasteiger partial charge < -0.3 is 15.0 Å². The van der Waals surface area contributed by atoms with E-state index in [-0.39, 0.29) is 5.91 Å². The molecule has 0 spiro atoms. The van der Waals surface area contributed by atoms with Crippen LogP contribution in [-0.2, 0) is 0 Å². The van der Waals surface area contributed by atoms with Gasteiger partial charge in [0.05, 0.1) is 5.56 Å². The Bertz CT molecular complexity index is 635. The molecule has 5 heteroatoms. The number of pyridine rings is 1. The first-order valence-corrected chi connectivity index (χ1v) is 6.76. The Balaban J connectivity index is 1.53. The van der Waals surface area contributed by atoms with Gasteiger partial charge in [0.25, 0.3) is 5.91 Å². The number of piperidine rings is 1. The Kier molecular flexibility index (Phi) is 2.35. The predicted octanol–water partition coefficient (Wildman–Crippen LogP) is 0.814. The molecule has 2 bridgehead atoms. The number of nitrogens with zero attached hydrogens (tertiary/aromatic N) is 2. The summed E-state index contributed by atoms with van der Waals surface area (Å²) < 4.78 is 1.87. The van der Waals surface area contributed by atoms with E-state index in [9.17, 15) is 4.79 Å². The number of carbonyl (C=O) groups is 1. The summed E-state index contributed by atoms with van der Waals surface area (Å²) in [6.07, 6.45) is 7.69. The zero-order valence-corrected chi connectivity index (χ0v) is 10.5. The molecule has 1 saturated carbocycles. The summed E-state index contributed by atoms with van der Waals surface area (Å²) in [4.78, 5) is 16.5. The number of hydrogen-bond donors (Lipinski definition) is 2. The molecule has 5 nitrogen and oxygen atoms in total. The predicted molar refractivity (Wildman–Crippen MR) is 71.0 cm³/mol. The highest BCUT2D eigenvalue weighted by Crippen LogP contribution is 2.31. The minimum atomic E-state index is 0.0214. The van der Waals surface area contributed by atoms with Crippen LogP contribution >= 0.6 is 0 Å². The average Bonchev–Trinajstić information content (AvgIpc) is 3.13. The smallest absolute Gasteiger partial charge is 0.253 e. The molecule has 1 amide bonds. The second kappa shape index (κ2) is 4.06. The highest BCUT2D eigenvalue weighted by atomic mass is 16.1. The lowest BCUT2D eigenvalue weighted by molar-refractivity contribution is 0.0924. The van der Waals surface area contributed by atoms with Crippen LogP contribution < -0.4 is 10.6 Å². The van der Waals surface area contributed by atoms with Gasteiger partial charge in [0.2, 0.25) is 0 Å². The van der Waals surface area contributed by atoms with Crippen LogP contribution in [0.4, 0.5) is 0 Å². The molecule has 0 radical (unpaired) electrons. The third-order valence-electron chi connectivity index (χ3n) is 4.33. The first kappa shape index (κ1) is 11.0. The Morgan fingerprint density at radius 1 is 1.42 bits per heavy atom. The van der Waals surface area contributed by atoms with Crippen LogP contribution in [-0.4, -0.2) is 33.9 Å². The molecule has 1 aliphatic heterocycles. The van der Waals surface area contributed by atoms with Gasteiger partial charge in [0.1, 0.15) is 5.65 Å². The maximum absolute atomic E-state index is 12.3. The van der Waals surface area contributed by atoms with Gasteiger partial charge in [-0.05, 0) is 30.9 Å². The standard InChI is InChI=1S/C14H16N4O/c19-14(17-12-6-11-5-10(12)7-16-11)9-1-2-13-15-3-4-18(13)8-9/h1-4,8,10-12,16H,5-7H2,(H,17,19)/t10-,11+,12+/m0/s1. The van der Waals surface area contributed by atoms with E-state index in [0.717, 1.165) is 18.6 Å². The normalized spacial score (nSPS) is 28.9. The van der Waals surface area contributed by atoms with Crippen molar-refractivity contribution in [1.82, 2.24) is 20.0 Å². The lowest BCUT2D eigenvalue weighted by atomic mass is 10.0. The zero-order valence-electron chi connectivity index (χ0n) is 10.5. The van der Waals surface area contributed by atoms with Crippen molar-refractivity contribution in [2.45, 2.75) is 24.9 Å². The molecule has 19 heavy (non-hydrogen) atoms. The Morgan fingerprint density at radius 3 is 3.16 bits per heavy atom. The molecule has 3 atom stereocenters. The highest BCUT2D eigenvalue weighted by molar-refractivity contribution is 5.94. The summed E-state index contributed by atoms with van der Waals surface area (Å²) >= 11 is 0. The molecule has 98 valence electrons. The van der Waals surface area contributed by atoms with Crippen molar-refractivity contribution >= 4 is 11.6 Å². The van der Waals surface area contributed by atoms with Crippen molar-refractivity contribution < 1.29 is 4.79 Å². The van der Waals surface area contributed by atoms with Crippen molar-refractivity contribution in [2.24, 2.45) is 5.92 Å². The van der Waals surface area contributed by atoms with E-state index in [1.807, 2.05) is 28.9 Å². The van der Waals surface area contributed by atoms with E-state index in [4.69, 9.17) is 0 Å². The molecule has 2 aromatic rings. The Labute approximate surface area is 111 Å². The summed E-state index contributed by atoms with van der Waals surface area (Å²) in [5.74, 6) is 0.624. The van der Waals surface area contributed by atoms with Gasteiger partial charge in [0, 0.05) is 37.2 Å². The fourth-order valence-electron chi connectivity index (χ4n) is 3.32. The molecule has 0 unspecified atom stereocenters. The van der Waals surface area contributed by atoms with E-state index >= 15 is 0 Å². The Hall–Kier alpha value is -1.88. The van der Waals surface area contributed by atoms with Gasteiger partial charge >= 0.3 is 0 Å². The molecule has 1 aliphatic carbocycles. The van der Waals surface area contributed by atoms with E-state index in [1.165, 1.54) is 6.42 Å². The molecule has 3 heterocycles. The van der Waals surface area contributed by atoms with Crippen LogP contribution in [0.2, 0.25) is 0 Å². The number of aromatic nitrogens is 2. The second-order valence-corrected chi connectivity index (χ2v) is 5.53.